The lowest BCUT2D eigenvalue weighted by Crippen LogP contribution is -2.26. The Balaban J connectivity index is 2.42. The van der Waals surface area contributed by atoms with Gasteiger partial charge in [0.1, 0.15) is 11.5 Å². The van der Waals surface area contributed by atoms with Crippen LogP contribution < -0.4 is 5.32 Å². The minimum absolute atomic E-state index is 0.00424. The summed E-state index contributed by atoms with van der Waals surface area (Å²) in [6.45, 7) is 2.42. The van der Waals surface area contributed by atoms with Gasteiger partial charge in [-0.1, -0.05) is 6.07 Å². The molecular formula is C13H19F2NO3. The topological polar surface area (TPSA) is 50.7 Å². The number of hydrogen-bond acceptors (Lipinski definition) is 4. The molecule has 1 unspecified atom stereocenters. The van der Waals surface area contributed by atoms with Crippen LogP contribution in [0.5, 0.6) is 0 Å². The normalized spacial score (nSPS) is 12.5. The van der Waals surface area contributed by atoms with Crippen molar-refractivity contribution in [2.24, 2.45) is 0 Å². The third-order valence-corrected chi connectivity index (χ3v) is 2.54. The highest BCUT2D eigenvalue weighted by Crippen LogP contribution is 2.21. The third-order valence-electron chi connectivity index (χ3n) is 2.54. The average Bonchev–Trinajstić information content (AvgIpc) is 2.39. The highest BCUT2D eigenvalue weighted by atomic mass is 19.1. The second-order valence-corrected chi connectivity index (χ2v) is 4.16. The van der Waals surface area contributed by atoms with Crippen molar-refractivity contribution in [3.8, 4) is 0 Å². The summed E-state index contributed by atoms with van der Waals surface area (Å²) >= 11 is 0. The molecule has 1 atom stereocenters. The number of rotatable bonds is 8. The van der Waals surface area contributed by atoms with Gasteiger partial charge in [-0.2, -0.15) is 0 Å². The van der Waals surface area contributed by atoms with Crippen molar-refractivity contribution in [3.63, 3.8) is 0 Å². The molecular weight excluding hydrogens is 256 g/mol. The van der Waals surface area contributed by atoms with Crippen molar-refractivity contribution >= 4 is 5.69 Å². The largest absolute Gasteiger partial charge is 0.389 e. The third kappa shape index (κ3) is 5.10. The van der Waals surface area contributed by atoms with E-state index < -0.39 is 17.7 Å². The summed E-state index contributed by atoms with van der Waals surface area (Å²) in [5, 5.41) is 12.1. The molecule has 108 valence electrons. The summed E-state index contributed by atoms with van der Waals surface area (Å²) in [4.78, 5) is 0. The van der Waals surface area contributed by atoms with E-state index in [2.05, 4.69) is 5.32 Å². The maximum Gasteiger partial charge on any atom is 0.152 e. The number of aliphatic hydroxyl groups is 1. The molecule has 2 N–H and O–H groups in total. The van der Waals surface area contributed by atoms with Crippen LogP contribution in [-0.2, 0) is 9.47 Å². The fourth-order valence-corrected chi connectivity index (χ4v) is 1.46. The molecule has 0 aromatic heterocycles. The van der Waals surface area contributed by atoms with Crippen molar-refractivity contribution in [1.82, 2.24) is 0 Å². The lowest BCUT2D eigenvalue weighted by molar-refractivity contribution is 0.0181. The second kappa shape index (κ2) is 8.04. The molecule has 0 amide bonds. The molecule has 0 saturated carbocycles. The summed E-state index contributed by atoms with van der Waals surface area (Å²) in [6.07, 6.45) is -0.851. The SMILES string of the molecule is COCCOCC(O)CNc1c(F)ccc(C)c1F. The van der Waals surface area contributed by atoms with Gasteiger partial charge < -0.3 is 19.9 Å². The Hall–Kier alpha value is -1.24. The molecule has 0 spiro atoms. The summed E-state index contributed by atoms with van der Waals surface area (Å²) < 4.78 is 36.9. The van der Waals surface area contributed by atoms with E-state index in [0.29, 0.717) is 18.8 Å². The highest BCUT2D eigenvalue weighted by molar-refractivity contribution is 5.48. The lowest BCUT2D eigenvalue weighted by Gasteiger charge is -2.14. The van der Waals surface area contributed by atoms with Crippen LogP contribution in [0.3, 0.4) is 0 Å². The highest BCUT2D eigenvalue weighted by Gasteiger charge is 2.12. The molecule has 0 bridgehead atoms. The number of nitrogens with one attached hydrogen (secondary N) is 1. The maximum atomic E-state index is 13.6. The standard InChI is InChI=1S/C13H19F2NO3/c1-9-3-4-11(14)13(12(9)15)16-7-10(17)8-19-6-5-18-2/h3-4,10,16-17H,5-8H2,1-2H3. The monoisotopic (exact) mass is 275 g/mol. The summed E-state index contributed by atoms with van der Waals surface area (Å²) in [6, 6.07) is 2.54. The fraction of sp³-hybridized carbons (Fsp3) is 0.538. The summed E-state index contributed by atoms with van der Waals surface area (Å²) in [5.74, 6) is -1.33. The van der Waals surface area contributed by atoms with Gasteiger partial charge in [-0.05, 0) is 18.6 Å². The Kier molecular flexibility index (Phi) is 6.69. The predicted octanol–water partition coefficient (Wildman–Crippen LogP) is 1.71. The Morgan fingerprint density at radius 3 is 2.74 bits per heavy atom. The van der Waals surface area contributed by atoms with Crippen LogP contribution in [0, 0.1) is 18.6 Å². The molecule has 0 heterocycles. The zero-order chi connectivity index (χ0) is 14.3. The minimum Gasteiger partial charge on any atom is -0.389 e. The number of hydrogen-bond donors (Lipinski definition) is 2. The molecule has 0 aliphatic rings. The number of aliphatic hydroxyl groups excluding tert-OH is 1. The van der Waals surface area contributed by atoms with Gasteiger partial charge in [0.25, 0.3) is 0 Å². The average molecular weight is 275 g/mol. The van der Waals surface area contributed by atoms with E-state index >= 15 is 0 Å². The van der Waals surface area contributed by atoms with Gasteiger partial charge >= 0.3 is 0 Å². The van der Waals surface area contributed by atoms with E-state index in [9.17, 15) is 13.9 Å². The van der Waals surface area contributed by atoms with Gasteiger partial charge in [-0.3, -0.25) is 0 Å². The van der Waals surface area contributed by atoms with Gasteiger partial charge in [-0.25, -0.2) is 8.78 Å². The van der Waals surface area contributed by atoms with Gasteiger partial charge in [-0.15, -0.1) is 0 Å². The Morgan fingerprint density at radius 2 is 2.05 bits per heavy atom. The number of aryl methyl sites for hydroxylation is 1. The van der Waals surface area contributed by atoms with E-state index in [1.54, 1.807) is 14.0 Å². The minimum atomic E-state index is -0.851. The quantitative estimate of drug-likeness (QED) is 0.709. The van der Waals surface area contributed by atoms with Crippen LogP contribution in [0.4, 0.5) is 14.5 Å². The lowest BCUT2D eigenvalue weighted by atomic mass is 10.2. The van der Waals surface area contributed by atoms with Gasteiger partial charge in [0.05, 0.1) is 25.9 Å². The van der Waals surface area contributed by atoms with E-state index in [1.807, 2.05) is 0 Å². The first-order valence-electron chi connectivity index (χ1n) is 5.99. The molecule has 4 nitrogen and oxygen atoms in total. The van der Waals surface area contributed by atoms with Crippen molar-refractivity contribution in [3.05, 3.63) is 29.3 Å². The van der Waals surface area contributed by atoms with E-state index in [4.69, 9.17) is 9.47 Å². The Labute approximate surface area is 111 Å². The summed E-state index contributed by atoms with van der Waals surface area (Å²) in [5.41, 5.74) is 0.116. The molecule has 1 aromatic carbocycles. The van der Waals surface area contributed by atoms with Crippen LogP contribution in [-0.4, -0.2) is 44.7 Å². The van der Waals surface area contributed by atoms with Crippen molar-refractivity contribution < 1.29 is 23.4 Å². The van der Waals surface area contributed by atoms with Crippen LogP contribution in [0.2, 0.25) is 0 Å². The van der Waals surface area contributed by atoms with Gasteiger partial charge in [0.15, 0.2) is 5.82 Å². The Morgan fingerprint density at radius 1 is 1.32 bits per heavy atom. The van der Waals surface area contributed by atoms with E-state index in [0.717, 1.165) is 0 Å². The molecule has 6 heteroatoms. The van der Waals surface area contributed by atoms with Crippen molar-refractivity contribution in [2.45, 2.75) is 13.0 Å². The molecule has 0 aliphatic carbocycles. The zero-order valence-corrected chi connectivity index (χ0v) is 11.1. The first-order chi connectivity index (χ1) is 9.06. The number of benzene rings is 1. The van der Waals surface area contributed by atoms with Gasteiger partial charge in [0, 0.05) is 13.7 Å². The zero-order valence-electron chi connectivity index (χ0n) is 11.1. The Bertz CT molecular complexity index is 402. The van der Waals surface area contributed by atoms with Crippen LogP contribution in [0.25, 0.3) is 0 Å². The first kappa shape index (κ1) is 15.8. The first-order valence-corrected chi connectivity index (χ1v) is 5.99. The molecule has 19 heavy (non-hydrogen) atoms. The molecule has 1 rings (SSSR count). The number of methoxy groups -OCH3 is 1. The summed E-state index contributed by atoms with van der Waals surface area (Å²) in [7, 11) is 1.55. The molecule has 0 aliphatic heterocycles. The van der Waals surface area contributed by atoms with E-state index in [-0.39, 0.29) is 18.8 Å². The maximum absolute atomic E-state index is 13.6. The van der Waals surface area contributed by atoms with Crippen molar-refractivity contribution in [2.75, 3.05) is 38.8 Å². The number of ether oxygens (including phenoxy) is 2. The molecule has 1 aromatic rings. The van der Waals surface area contributed by atoms with E-state index in [1.165, 1.54) is 12.1 Å². The number of halogens is 2. The predicted molar refractivity (Wildman–Crippen MR) is 68.3 cm³/mol. The van der Waals surface area contributed by atoms with Crippen LogP contribution >= 0.6 is 0 Å². The van der Waals surface area contributed by atoms with Gasteiger partial charge in [0.2, 0.25) is 0 Å². The fourth-order valence-electron chi connectivity index (χ4n) is 1.46. The second-order valence-electron chi connectivity index (χ2n) is 4.16. The molecule has 0 saturated heterocycles. The van der Waals surface area contributed by atoms with Crippen molar-refractivity contribution in [1.29, 1.82) is 0 Å². The smallest absolute Gasteiger partial charge is 0.152 e. The molecule has 0 fully saturated rings. The number of anilines is 1. The van der Waals surface area contributed by atoms with Crippen LogP contribution in [0.1, 0.15) is 5.56 Å². The van der Waals surface area contributed by atoms with Crippen LogP contribution in [0.15, 0.2) is 12.1 Å². The molecule has 0 radical (unpaired) electrons.